The molecule has 0 unspecified atom stereocenters. The SMILES string of the molecule is N#CC1(c2ccco2)CCC1. The Morgan fingerprint density at radius 2 is 2.36 bits per heavy atom. The molecule has 0 spiro atoms. The first-order chi connectivity index (χ1) is 5.37. The number of hydrogen-bond acceptors (Lipinski definition) is 2. The van der Waals surface area contributed by atoms with Crippen molar-refractivity contribution in [1.29, 1.82) is 5.26 Å². The van der Waals surface area contributed by atoms with Gasteiger partial charge in [0.15, 0.2) is 0 Å². The summed E-state index contributed by atoms with van der Waals surface area (Å²) >= 11 is 0. The Bertz CT molecular complexity index is 277. The number of nitriles is 1. The largest absolute Gasteiger partial charge is 0.468 e. The van der Waals surface area contributed by atoms with Crippen molar-refractivity contribution in [2.45, 2.75) is 24.7 Å². The maximum absolute atomic E-state index is 8.90. The van der Waals surface area contributed by atoms with Crippen molar-refractivity contribution in [2.75, 3.05) is 0 Å². The molecule has 0 atom stereocenters. The third-order valence-corrected chi connectivity index (χ3v) is 2.41. The van der Waals surface area contributed by atoms with Gasteiger partial charge in [-0.05, 0) is 31.4 Å². The van der Waals surface area contributed by atoms with Crippen molar-refractivity contribution < 1.29 is 4.42 Å². The lowest BCUT2D eigenvalue weighted by atomic mass is 9.68. The Balaban J connectivity index is 2.34. The van der Waals surface area contributed by atoms with Crippen molar-refractivity contribution in [3.05, 3.63) is 24.2 Å². The Labute approximate surface area is 65.4 Å². The molecule has 11 heavy (non-hydrogen) atoms. The quantitative estimate of drug-likeness (QED) is 0.610. The Hall–Kier alpha value is -1.23. The summed E-state index contributed by atoms with van der Waals surface area (Å²) < 4.78 is 5.21. The summed E-state index contributed by atoms with van der Waals surface area (Å²) in [5.74, 6) is 0.839. The highest BCUT2D eigenvalue weighted by Gasteiger charge is 2.41. The minimum atomic E-state index is -0.274. The molecule has 0 radical (unpaired) electrons. The topological polar surface area (TPSA) is 36.9 Å². The first kappa shape index (κ1) is 6.48. The molecule has 1 saturated carbocycles. The van der Waals surface area contributed by atoms with Gasteiger partial charge in [0.05, 0.1) is 12.3 Å². The van der Waals surface area contributed by atoms with Crippen LogP contribution in [0.1, 0.15) is 25.0 Å². The molecule has 2 heteroatoms. The summed E-state index contributed by atoms with van der Waals surface area (Å²) in [6, 6.07) is 6.05. The van der Waals surface area contributed by atoms with Crippen LogP contribution in [0.4, 0.5) is 0 Å². The van der Waals surface area contributed by atoms with Crippen molar-refractivity contribution in [3.8, 4) is 6.07 Å². The van der Waals surface area contributed by atoms with Gasteiger partial charge in [0.1, 0.15) is 11.2 Å². The van der Waals surface area contributed by atoms with Crippen LogP contribution in [0.3, 0.4) is 0 Å². The zero-order valence-electron chi connectivity index (χ0n) is 6.21. The third-order valence-electron chi connectivity index (χ3n) is 2.41. The highest BCUT2D eigenvalue weighted by Crippen LogP contribution is 2.43. The second kappa shape index (κ2) is 2.13. The van der Waals surface area contributed by atoms with E-state index < -0.39 is 0 Å². The van der Waals surface area contributed by atoms with Crippen molar-refractivity contribution in [2.24, 2.45) is 0 Å². The zero-order chi connectivity index (χ0) is 7.73. The van der Waals surface area contributed by atoms with E-state index >= 15 is 0 Å². The van der Waals surface area contributed by atoms with Crippen LogP contribution in [0.2, 0.25) is 0 Å². The molecular formula is C9H9NO. The number of rotatable bonds is 1. The van der Waals surface area contributed by atoms with Gasteiger partial charge in [-0.3, -0.25) is 0 Å². The van der Waals surface area contributed by atoms with Crippen molar-refractivity contribution >= 4 is 0 Å². The van der Waals surface area contributed by atoms with Crippen LogP contribution in [0.25, 0.3) is 0 Å². The summed E-state index contributed by atoms with van der Waals surface area (Å²) in [5, 5.41) is 8.90. The predicted molar refractivity (Wildman–Crippen MR) is 39.9 cm³/mol. The first-order valence-corrected chi connectivity index (χ1v) is 3.83. The fourth-order valence-corrected chi connectivity index (χ4v) is 1.49. The summed E-state index contributed by atoms with van der Waals surface area (Å²) in [5.41, 5.74) is -0.274. The van der Waals surface area contributed by atoms with Gasteiger partial charge in [-0.1, -0.05) is 0 Å². The van der Waals surface area contributed by atoms with Crippen molar-refractivity contribution in [3.63, 3.8) is 0 Å². The van der Waals surface area contributed by atoms with E-state index in [1.807, 2.05) is 12.1 Å². The van der Waals surface area contributed by atoms with Crippen LogP contribution in [0, 0.1) is 11.3 Å². The standard InChI is InChI=1S/C9H9NO/c10-7-9(4-2-5-9)8-3-1-6-11-8/h1,3,6H,2,4-5H2. The summed E-state index contributed by atoms with van der Waals surface area (Å²) in [6.45, 7) is 0. The van der Waals surface area contributed by atoms with Gasteiger partial charge in [-0.25, -0.2) is 0 Å². The van der Waals surface area contributed by atoms with E-state index in [4.69, 9.17) is 9.68 Å². The van der Waals surface area contributed by atoms with Crippen LogP contribution in [0.5, 0.6) is 0 Å². The minimum Gasteiger partial charge on any atom is -0.468 e. The van der Waals surface area contributed by atoms with Crippen LogP contribution in [-0.2, 0) is 5.41 Å². The fraction of sp³-hybridized carbons (Fsp3) is 0.444. The number of nitrogens with zero attached hydrogens (tertiary/aromatic N) is 1. The van der Waals surface area contributed by atoms with Crippen LogP contribution in [0.15, 0.2) is 22.8 Å². The van der Waals surface area contributed by atoms with Gasteiger partial charge in [-0.2, -0.15) is 5.26 Å². The molecule has 0 saturated heterocycles. The summed E-state index contributed by atoms with van der Waals surface area (Å²) in [4.78, 5) is 0. The molecule has 0 N–H and O–H groups in total. The Kier molecular flexibility index (Phi) is 1.25. The smallest absolute Gasteiger partial charge is 0.123 e. The van der Waals surface area contributed by atoms with E-state index in [2.05, 4.69) is 6.07 Å². The van der Waals surface area contributed by atoms with Gasteiger partial charge in [-0.15, -0.1) is 0 Å². The van der Waals surface area contributed by atoms with E-state index in [9.17, 15) is 0 Å². The second-order valence-electron chi connectivity index (χ2n) is 3.02. The molecule has 0 bridgehead atoms. The average molecular weight is 147 g/mol. The van der Waals surface area contributed by atoms with Gasteiger partial charge in [0, 0.05) is 0 Å². The van der Waals surface area contributed by atoms with Crippen LogP contribution in [-0.4, -0.2) is 0 Å². The Morgan fingerprint density at radius 1 is 1.55 bits per heavy atom. The molecule has 1 fully saturated rings. The average Bonchev–Trinajstić information content (AvgIpc) is 2.39. The van der Waals surface area contributed by atoms with Crippen LogP contribution >= 0.6 is 0 Å². The molecular weight excluding hydrogens is 138 g/mol. The van der Waals surface area contributed by atoms with E-state index in [0.29, 0.717) is 0 Å². The lowest BCUT2D eigenvalue weighted by molar-refractivity contribution is 0.268. The fourth-order valence-electron chi connectivity index (χ4n) is 1.49. The van der Waals surface area contributed by atoms with E-state index in [1.54, 1.807) is 6.26 Å². The molecule has 2 rings (SSSR count). The van der Waals surface area contributed by atoms with Gasteiger partial charge >= 0.3 is 0 Å². The first-order valence-electron chi connectivity index (χ1n) is 3.83. The predicted octanol–water partition coefficient (Wildman–Crippen LogP) is 2.22. The lowest BCUT2D eigenvalue weighted by Crippen LogP contribution is -2.31. The number of hydrogen-bond donors (Lipinski definition) is 0. The summed E-state index contributed by atoms with van der Waals surface area (Å²) in [7, 11) is 0. The molecule has 0 aromatic carbocycles. The summed E-state index contributed by atoms with van der Waals surface area (Å²) in [6.07, 6.45) is 4.69. The maximum Gasteiger partial charge on any atom is 0.123 e. The highest BCUT2D eigenvalue weighted by molar-refractivity contribution is 5.27. The molecule has 1 heterocycles. The number of furan rings is 1. The van der Waals surface area contributed by atoms with Crippen LogP contribution < -0.4 is 0 Å². The second-order valence-corrected chi connectivity index (χ2v) is 3.02. The van der Waals surface area contributed by atoms with E-state index in [1.165, 1.54) is 0 Å². The van der Waals surface area contributed by atoms with Gasteiger partial charge in [0.2, 0.25) is 0 Å². The normalized spacial score (nSPS) is 20.3. The molecule has 0 amide bonds. The van der Waals surface area contributed by atoms with E-state index in [-0.39, 0.29) is 5.41 Å². The van der Waals surface area contributed by atoms with Gasteiger partial charge in [0.25, 0.3) is 0 Å². The third kappa shape index (κ3) is 0.775. The molecule has 56 valence electrons. The molecule has 0 aliphatic heterocycles. The molecule has 1 aliphatic rings. The minimum absolute atomic E-state index is 0.274. The highest BCUT2D eigenvalue weighted by atomic mass is 16.3. The Morgan fingerprint density at radius 3 is 2.73 bits per heavy atom. The lowest BCUT2D eigenvalue weighted by Gasteiger charge is -2.32. The molecule has 1 aromatic rings. The molecule has 1 aromatic heterocycles. The zero-order valence-corrected chi connectivity index (χ0v) is 6.21. The monoisotopic (exact) mass is 147 g/mol. The molecule has 2 nitrogen and oxygen atoms in total. The van der Waals surface area contributed by atoms with Gasteiger partial charge < -0.3 is 4.42 Å². The van der Waals surface area contributed by atoms with Crippen molar-refractivity contribution in [1.82, 2.24) is 0 Å². The van der Waals surface area contributed by atoms with E-state index in [0.717, 1.165) is 25.0 Å². The molecule has 1 aliphatic carbocycles. The maximum atomic E-state index is 8.90.